The molecular formula is C20H22F2N4O2. The van der Waals surface area contributed by atoms with E-state index in [1.54, 1.807) is 4.90 Å². The van der Waals surface area contributed by atoms with Crippen molar-refractivity contribution < 1.29 is 18.4 Å². The van der Waals surface area contributed by atoms with Crippen LogP contribution in [0.5, 0.6) is 0 Å². The molecule has 8 heteroatoms. The highest BCUT2D eigenvalue weighted by Crippen LogP contribution is 2.25. The lowest BCUT2D eigenvalue weighted by atomic mass is 10.0. The van der Waals surface area contributed by atoms with Crippen LogP contribution in [-0.2, 0) is 31.2 Å². The van der Waals surface area contributed by atoms with Crippen LogP contribution in [0, 0.1) is 11.6 Å². The third-order valence-corrected chi connectivity index (χ3v) is 5.31. The number of benzene rings is 1. The molecule has 2 amide bonds. The molecule has 2 aromatic rings. The van der Waals surface area contributed by atoms with Crippen molar-refractivity contribution in [3.8, 4) is 0 Å². The van der Waals surface area contributed by atoms with Gasteiger partial charge in [0.15, 0.2) is 11.6 Å². The number of rotatable bonds is 5. The first kappa shape index (κ1) is 18.6. The van der Waals surface area contributed by atoms with E-state index in [1.165, 1.54) is 6.07 Å². The Bertz CT molecular complexity index is 937. The van der Waals surface area contributed by atoms with Crippen LogP contribution in [0.15, 0.2) is 18.2 Å². The van der Waals surface area contributed by atoms with E-state index in [0.717, 1.165) is 41.9 Å². The highest BCUT2D eigenvalue weighted by Gasteiger charge is 2.28. The Labute approximate surface area is 161 Å². The molecule has 1 fully saturated rings. The molecule has 1 aliphatic heterocycles. The van der Waals surface area contributed by atoms with E-state index in [9.17, 15) is 18.4 Å². The van der Waals surface area contributed by atoms with Crippen LogP contribution >= 0.6 is 0 Å². The van der Waals surface area contributed by atoms with Gasteiger partial charge in [0.05, 0.1) is 5.69 Å². The van der Waals surface area contributed by atoms with Crippen molar-refractivity contribution in [1.29, 1.82) is 0 Å². The fourth-order valence-electron chi connectivity index (χ4n) is 3.62. The number of amides is 2. The number of carbonyl (C=O) groups excluding carboxylic acids is 2. The lowest BCUT2D eigenvalue weighted by Crippen LogP contribution is -2.36. The zero-order valence-electron chi connectivity index (χ0n) is 15.7. The number of fused-ring (bicyclic) bond motifs is 1. The second-order valence-corrected chi connectivity index (χ2v) is 7.44. The first-order chi connectivity index (χ1) is 13.4. The van der Waals surface area contributed by atoms with Gasteiger partial charge in [0.2, 0.25) is 5.91 Å². The summed E-state index contributed by atoms with van der Waals surface area (Å²) in [6, 6.07) is 3.52. The minimum Gasteiger partial charge on any atom is -0.353 e. The fraction of sp³-hybridized carbons (Fsp3) is 0.450. The lowest BCUT2D eigenvalue weighted by molar-refractivity contribution is -0.121. The zero-order chi connectivity index (χ0) is 19.8. The second kappa shape index (κ2) is 7.33. The van der Waals surface area contributed by atoms with Crippen LogP contribution in [-0.4, -0.2) is 39.1 Å². The third kappa shape index (κ3) is 3.76. The summed E-state index contributed by atoms with van der Waals surface area (Å²) in [6.07, 6.45) is 3.59. The Morgan fingerprint density at radius 2 is 2.04 bits per heavy atom. The van der Waals surface area contributed by atoms with Gasteiger partial charge in [-0.2, -0.15) is 5.10 Å². The molecular weight excluding hydrogens is 366 g/mol. The lowest BCUT2D eigenvalue weighted by Gasteiger charge is -2.28. The van der Waals surface area contributed by atoms with Gasteiger partial charge in [-0.15, -0.1) is 0 Å². The maximum absolute atomic E-state index is 13.5. The molecule has 0 saturated heterocycles. The first-order valence-corrected chi connectivity index (χ1v) is 9.49. The molecule has 1 N–H and O–H groups in total. The largest absolute Gasteiger partial charge is 0.353 e. The Hall–Kier alpha value is -2.77. The number of nitrogens with one attached hydrogen (secondary N) is 1. The highest BCUT2D eigenvalue weighted by molar-refractivity contribution is 5.94. The normalized spacial score (nSPS) is 16.0. The summed E-state index contributed by atoms with van der Waals surface area (Å²) in [6.45, 7) is 0.826. The van der Waals surface area contributed by atoms with E-state index in [2.05, 4.69) is 10.4 Å². The quantitative estimate of drug-likeness (QED) is 0.853. The molecule has 28 heavy (non-hydrogen) atoms. The highest BCUT2D eigenvalue weighted by atomic mass is 19.2. The van der Waals surface area contributed by atoms with Gasteiger partial charge in [-0.3, -0.25) is 14.3 Å². The number of hydrogen-bond acceptors (Lipinski definition) is 3. The zero-order valence-corrected chi connectivity index (χ0v) is 15.7. The van der Waals surface area contributed by atoms with Crippen LogP contribution in [0.4, 0.5) is 8.78 Å². The van der Waals surface area contributed by atoms with E-state index in [4.69, 9.17) is 0 Å². The molecule has 148 valence electrons. The Morgan fingerprint density at radius 3 is 2.75 bits per heavy atom. The molecule has 4 rings (SSSR count). The van der Waals surface area contributed by atoms with Gasteiger partial charge in [-0.25, -0.2) is 8.78 Å². The number of carbonyl (C=O) groups is 2. The molecule has 6 nitrogen and oxygen atoms in total. The van der Waals surface area contributed by atoms with Gasteiger partial charge in [-0.05, 0) is 31.0 Å². The predicted octanol–water partition coefficient (Wildman–Crippen LogP) is 2.11. The summed E-state index contributed by atoms with van der Waals surface area (Å²) < 4.78 is 28.4. The van der Waals surface area contributed by atoms with Crippen molar-refractivity contribution in [2.75, 3.05) is 6.54 Å². The van der Waals surface area contributed by atoms with Crippen LogP contribution in [0.1, 0.15) is 46.6 Å². The Balaban J connectivity index is 1.48. The second-order valence-electron chi connectivity index (χ2n) is 7.44. The van der Waals surface area contributed by atoms with Crippen molar-refractivity contribution in [3.63, 3.8) is 0 Å². The average Bonchev–Trinajstić information content (AvgIpc) is 3.44. The molecule has 0 spiro atoms. The van der Waals surface area contributed by atoms with Crippen LogP contribution in [0.25, 0.3) is 0 Å². The van der Waals surface area contributed by atoms with E-state index < -0.39 is 11.6 Å². The van der Waals surface area contributed by atoms with E-state index in [-0.39, 0.29) is 17.4 Å². The minimum atomic E-state index is -1.03. The summed E-state index contributed by atoms with van der Waals surface area (Å²) in [7, 11) is 1.86. The molecule has 0 atom stereocenters. The summed E-state index contributed by atoms with van der Waals surface area (Å²) in [5.74, 6) is -2.33. The standard InChI is InChI=1S/C20H22F2N4O2/c1-25-18-8-9-26(20(28)12-2-5-15(21)16(22)10-12)11-14(18)17(24-25)6-7-19(27)23-13-3-4-13/h2,5,10,13H,3-4,6-9,11H2,1H3,(H,23,27). The van der Waals surface area contributed by atoms with Crippen LogP contribution in [0.2, 0.25) is 0 Å². The van der Waals surface area contributed by atoms with Crippen molar-refractivity contribution in [3.05, 3.63) is 52.3 Å². The number of aryl methyl sites for hydroxylation is 2. The van der Waals surface area contributed by atoms with Gasteiger partial charge in [-0.1, -0.05) is 0 Å². The maximum atomic E-state index is 13.5. The van der Waals surface area contributed by atoms with Crippen molar-refractivity contribution >= 4 is 11.8 Å². The van der Waals surface area contributed by atoms with Gasteiger partial charge in [0.1, 0.15) is 0 Å². The predicted molar refractivity (Wildman–Crippen MR) is 97.5 cm³/mol. The smallest absolute Gasteiger partial charge is 0.254 e. The van der Waals surface area contributed by atoms with Crippen LogP contribution in [0.3, 0.4) is 0 Å². The number of aromatic nitrogens is 2. The summed E-state index contributed by atoms with van der Waals surface area (Å²) in [5.41, 5.74) is 2.93. The molecule has 1 aromatic carbocycles. The maximum Gasteiger partial charge on any atom is 0.254 e. The van der Waals surface area contributed by atoms with Gasteiger partial charge in [0, 0.05) is 62.3 Å². The molecule has 1 aliphatic carbocycles. The third-order valence-electron chi connectivity index (χ3n) is 5.31. The van der Waals surface area contributed by atoms with Crippen molar-refractivity contribution in [2.24, 2.45) is 7.05 Å². The monoisotopic (exact) mass is 388 g/mol. The molecule has 2 heterocycles. The number of hydrogen-bond donors (Lipinski definition) is 1. The molecule has 1 saturated carbocycles. The van der Waals surface area contributed by atoms with E-state index >= 15 is 0 Å². The van der Waals surface area contributed by atoms with E-state index in [1.807, 2.05) is 11.7 Å². The fourth-order valence-corrected chi connectivity index (χ4v) is 3.62. The SMILES string of the molecule is Cn1nc(CCC(=O)NC2CC2)c2c1CCN(C(=O)c1ccc(F)c(F)c1)C2. The molecule has 2 aliphatic rings. The molecule has 0 bridgehead atoms. The Morgan fingerprint density at radius 1 is 1.25 bits per heavy atom. The van der Waals surface area contributed by atoms with Gasteiger partial charge in [0.25, 0.3) is 5.91 Å². The number of nitrogens with zero attached hydrogens (tertiary/aromatic N) is 3. The average molecular weight is 388 g/mol. The van der Waals surface area contributed by atoms with Gasteiger partial charge < -0.3 is 10.2 Å². The number of halogens is 2. The summed E-state index contributed by atoms with van der Waals surface area (Å²) >= 11 is 0. The van der Waals surface area contributed by atoms with Crippen LogP contribution < -0.4 is 5.32 Å². The summed E-state index contributed by atoms with van der Waals surface area (Å²) in [5, 5.41) is 7.51. The molecule has 0 unspecified atom stereocenters. The topological polar surface area (TPSA) is 67.2 Å². The molecule has 1 aromatic heterocycles. The van der Waals surface area contributed by atoms with Gasteiger partial charge >= 0.3 is 0 Å². The minimum absolute atomic E-state index is 0.0208. The summed E-state index contributed by atoms with van der Waals surface area (Å²) in [4.78, 5) is 26.3. The van der Waals surface area contributed by atoms with Crippen molar-refractivity contribution in [2.45, 2.75) is 44.7 Å². The van der Waals surface area contributed by atoms with Crippen molar-refractivity contribution in [1.82, 2.24) is 20.0 Å². The molecule has 0 radical (unpaired) electrons. The first-order valence-electron chi connectivity index (χ1n) is 9.49. The van der Waals surface area contributed by atoms with E-state index in [0.29, 0.717) is 38.4 Å². The Kier molecular flexibility index (Phi) is 4.87.